The topological polar surface area (TPSA) is 64.3 Å². The van der Waals surface area contributed by atoms with Crippen molar-refractivity contribution in [2.24, 2.45) is 11.7 Å². The second kappa shape index (κ2) is 9.13. The van der Waals surface area contributed by atoms with Gasteiger partial charge in [0.2, 0.25) is 5.91 Å². The van der Waals surface area contributed by atoms with E-state index in [4.69, 9.17) is 10.5 Å². The van der Waals surface area contributed by atoms with Crippen molar-refractivity contribution in [2.75, 3.05) is 20.3 Å². The standard InChI is InChI=1S/C16H22N2O2/c1-13(12-20-2)10-16(19)18-11-15-7-5-14(6-8-15)4-3-9-17/h5-8,13H,9-12,17H2,1-2H3,(H,18,19). The van der Waals surface area contributed by atoms with Crippen molar-refractivity contribution in [3.8, 4) is 11.8 Å². The highest BCUT2D eigenvalue weighted by Gasteiger charge is 2.08. The van der Waals surface area contributed by atoms with Gasteiger partial charge >= 0.3 is 0 Å². The van der Waals surface area contributed by atoms with Crippen molar-refractivity contribution < 1.29 is 9.53 Å². The first-order valence-corrected chi connectivity index (χ1v) is 6.69. The molecule has 0 aromatic heterocycles. The molecule has 1 aromatic carbocycles. The third-order valence-corrected chi connectivity index (χ3v) is 2.76. The van der Waals surface area contributed by atoms with Crippen LogP contribution in [0.25, 0.3) is 0 Å². The number of carbonyl (C=O) groups excluding carboxylic acids is 1. The van der Waals surface area contributed by atoms with Crippen LogP contribution >= 0.6 is 0 Å². The van der Waals surface area contributed by atoms with Crippen molar-refractivity contribution in [1.82, 2.24) is 5.32 Å². The van der Waals surface area contributed by atoms with Crippen LogP contribution in [0.3, 0.4) is 0 Å². The Labute approximate surface area is 120 Å². The van der Waals surface area contributed by atoms with Crippen LogP contribution in [-0.2, 0) is 16.1 Å². The fourth-order valence-corrected chi connectivity index (χ4v) is 1.79. The minimum absolute atomic E-state index is 0.0431. The Morgan fingerprint density at radius 1 is 1.40 bits per heavy atom. The molecule has 0 heterocycles. The summed E-state index contributed by atoms with van der Waals surface area (Å²) < 4.78 is 5.01. The van der Waals surface area contributed by atoms with Gasteiger partial charge in [0.25, 0.3) is 0 Å². The number of benzene rings is 1. The molecule has 0 aliphatic carbocycles. The smallest absolute Gasteiger partial charge is 0.220 e. The molecule has 1 atom stereocenters. The normalized spacial score (nSPS) is 11.3. The van der Waals surface area contributed by atoms with E-state index in [1.165, 1.54) is 0 Å². The second-order valence-electron chi connectivity index (χ2n) is 4.74. The van der Waals surface area contributed by atoms with Gasteiger partial charge in [0.15, 0.2) is 0 Å². The van der Waals surface area contributed by atoms with E-state index in [0.29, 0.717) is 26.1 Å². The lowest BCUT2D eigenvalue weighted by Crippen LogP contribution is -2.25. The van der Waals surface area contributed by atoms with Crippen LogP contribution in [0, 0.1) is 17.8 Å². The van der Waals surface area contributed by atoms with Crippen LogP contribution in [0.5, 0.6) is 0 Å². The van der Waals surface area contributed by atoms with Crippen molar-refractivity contribution in [1.29, 1.82) is 0 Å². The van der Waals surface area contributed by atoms with Gasteiger partial charge in [-0.2, -0.15) is 0 Å². The predicted octanol–water partition coefficient (Wildman–Crippen LogP) is 1.29. The number of nitrogens with two attached hydrogens (primary N) is 1. The first-order valence-electron chi connectivity index (χ1n) is 6.69. The molecule has 3 N–H and O–H groups in total. The number of methoxy groups -OCH3 is 1. The molecule has 4 nitrogen and oxygen atoms in total. The maximum absolute atomic E-state index is 11.7. The lowest BCUT2D eigenvalue weighted by Gasteiger charge is -2.10. The molecule has 0 bridgehead atoms. The molecule has 0 saturated heterocycles. The summed E-state index contributed by atoms with van der Waals surface area (Å²) >= 11 is 0. The van der Waals surface area contributed by atoms with E-state index in [9.17, 15) is 4.79 Å². The summed E-state index contributed by atoms with van der Waals surface area (Å²) in [6, 6.07) is 7.77. The molecular formula is C16H22N2O2. The third-order valence-electron chi connectivity index (χ3n) is 2.76. The van der Waals surface area contributed by atoms with E-state index in [1.807, 2.05) is 31.2 Å². The summed E-state index contributed by atoms with van der Waals surface area (Å²) in [7, 11) is 1.64. The van der Waals surface area contributed by atoms with Crippen molar-refractivity contribution in [3.05, 3.63) is 35.4 Å². The average molecular weight is 274 g/mol. The monoisotopic (exact) mass is 274 g/mol. The number of amides is 1. The third kappa shape index (κ3) is 6.37. The lowest BCUT2D eigenvalue weighted by molar-refractivity contribution is -0.122. The molecule has 1 aromatic rings. The number of ether oxygens (including phenoxy) is 1. The van der Waals surface area contributed by atoms with Gasteiger partial charge < -0.3 is 15.8 Å². The van der Waals surface area contributed by atoms with E-state index >= 15 is 0 Å². The van der Waals surface area contributed by atoms with Gasteiger partial charge in [-0.25, -0.2) is 0 Å². The van der Waals surface area contributed by atoms with E-state index in [1.54, 1.807) is 7.11 Å². The largest absolute Gasteiger partial charge is 0.384 e. The molecule has 108 valence electrons. The summed E-state index contributed by atoms with van der Waals surface area (Å²) in [6.07, 6.45) is 0.480. The number of rotatable bonds is 6. The summed E-state index contributed by atoms with van der Waals surface area (Å²) in [4.78, 5) is 11.7. The van der Waals surface area contributed by atoms with Crippen LogP contribution in [0.15, 0.2) is 24.3 Å². The zero-order chi connectivity index (χ0) is 14.8. The minimum Gasteiger partial charge on any atom is -0.384 e. The second-order valence-corrected chi connectivity index (χ2v) is 4.74. The van der Waals surface area contributed by atoms with Crippen molar-refractivity contribution in [3.63, 3.8) is 0 Å². The van der Waals surface area contributed by atoms with Crippen LogP contribution in [-0.4, -0.2) is 26.2 Å². The molecule has 1 amide bonds. The molecule has 0 saturated carbocycles. The van der Waals surface area contributed by atoms with Gasteiger partial charge in [0, 0.05) is 32.2 Å². The lowest BCUT2D eigenvalue weighted by atomic mass is 10.1. The quantitative estimate of drug-likeness (QED) is 0.768. The van der Waals surface area contributed by atoms with Gasteiger partial charge in [-0.3, -0.25) is 4.79 Å². The minimum atomic E-state index is 0.0431. The van der Waals surface area contributed by atoms with Crippen LogP contribution in [0.2, 0.25) is 0 Å². The summed E-state index contributed by atoms with van der Waals surface area (Å²) in [5.41, 5.74) is 7.30. The molecule has 1 rings (SSSR count). The maximum atomic E-state index is 11.7. The predicted molar refractivity (Wildman–Crippen MR) is 79.9 cm³/mol. The summed E-state index contributed by atoms with van der Waals surface area (Å²) in [5, 5.41) is 2.90. The summed E-state index contributed by atoms with van der Waals surface area (Å²) in [5.74, 6) is 6.04. The molecule has 0 aliphatic rings. The van der Waals surface area contributed by atoms with Crippen LogP contribution in [0.1, 0.15) is 24.5 Å². The number of nitrogens with one attached hydrogen (secondary N) is 1. The summed E-state index contributed by atoms with van der Waals surface area (Å²) in [6.45, 7) is 3.48. The van der Waals surface area contributed by atoms with Crippen LogP contribution in [0.4, 0.5) is 0 Å². The average Bonchev–Trinajstić information content (AvgIpc) is 2.44. The highest BCUT2D eigenvalue weighted by molar-refractivity contribution is 5.76. The number of hydrogen-bond acceptors (Lipinski definition) is 3. The van der Waals surface area contributed by atoms with Gasteiger partial charge in [-0.1, -0.05) is 30.9 Å². The molecular weight excluding hydrogens is 252 g/mol. The molecule has 20 heavy (non-hydrogen) atoms. The number of carbonyl (C=O) groups is 1. The first-order chi connectivity index (χ1) is 9.65. The molecule has 0 aliphatic heterocycles. The van der Waals surface area contributed by atoms with Crippen LogP contribution < -0.4 is 11.1 Å². The van der Waals surface area contributed by atoms with Gasteiger partial charge in [0.05, 0.1) is 6.54 Å². The Bertz CT molecular complexity index is 471. The fourth-order valence-electron chi connectivity index (χ4n) is 1.79. The van der Waals surface area contributed by atoms with Crippen molar-refractivity contribution >= 4 is 5.91 Å². The molecule has 4 heteroatoms. The Morgan fingerprint density at radius 2 is 2.10 bits per heavy atom. The Morgan fingerprint density at radius 3 is 2.70 bits per heavy atom. The van der Waals surface area contributed by atoms with Crippen molar-refractivity contribution in [2.45, 2.75) is 19.9 Å². The molecule has 0 spiro atoms. The highest BCUT2D eigenvalue weighted by atomic mass is 16.5. The number of hydrogen-bond donors (Lipinski definition) is 2. The van der Waals surface area contributed by atoms with Gasteiger partial charge in [0.1, 0.15) is 0 Å². The molecule has 0 fully saturated rings. The van der Waals surface area contributed by atoms with E-state index < -0.39 is 0 Å². The SMILES string of the molecule is COCC(C)CC(=O)NCc1ccc(C#CCN)cc1. The Balaban J connectivity index is 2.40. The first kappa shape index (κ1) is 16.2. The molecule has 1 unspecified atom stereocenters. The zero-order valence-electron chi connectivity index (χ0n) is 12.1. The molecule has 0 radical (unpaired) electrons. The van der Waals surface area contributed by atoms with E-state index in [-0.39, 0.29) is 11.8 Å². The van der Waals surface area contributed by atoms with E-state index in [2.05, 4.69) is 17.2 Å². The van der Waals surface area contributed by atoms with Gasteiger partial charge in [-0.05, 0) is 23.6 Å². The highest BCUT2D eigenvalue weighted by Crippen LogP contribution is 2.05. The fraction of sp³-hybridized carbons (Fsp3) is 0.438. The Kier molecular flexibility index (Phi) is 7.41. The zero-order valence-corrected chi connectivity index (χ0v) is 12.1. The van der Waals surface area contributed by atoms with E-state index in [0.717, 1.165) is 11.1 Å². The maximum Gasteiger partial charge on any atom is 0.220 e. The van der Waals surface area contributed by atoms with Gasteiger partial charge in [-0.15, -0.1) is 0 Å². The Hall–Kier alpha value is -1.83.